The van der Waals surface area contributed by atoms with Crippen molar-refractivity contribution in [3.8, 4) is 0 Å². The molecule has 1 aromatic heterocycles. The van der Waals surface area contributed by atoms with Gasteiger partial charge in [-0.1, -0.05) is 32.9 Å². The molecule has 0 unspecified atom stereocenters. The van der Waals surface area contributed by atoms with Gasteiger partial charge < -0.3 is 5.32 Å². The van der Waals surface area contributed by atoms with E-state index in [0.717, 1.165) is 0 Å². The van der Waals surface area contributed by atoms with Gasteiger partial charge in [-0.2, -0.15) is 0 Å². The average molecular weight is 358 g/mol. The molecule has 1 amide bonds. The van der Waals surface area contributed by atoms with Gasteiger partial charge in [-0.3, -0.25) is 14.6 Å². The number of rotatable bonds is 4. The van der Waals surface area contributed by atoms with Crippen LogP contribution < -0.4 is 5.32 Å². The van der Waals surface area contributed by atoms with Gasteiger partial charge in [0.1, 0.15) is 0 Å². The SMILES string of the molecule is CC(C)(C)c1ccc(C(=O)Nc2ccc(C(=O)c3ccncc3)cc2)cc1. The molecule has 4 heteroatoms. The largest absolute Gasteiger partial charge is 0.322 e. The zero-order chi connectivity index (χ0) is 19.4. The van der Waals surface area contributed by atoms with Crippen molar-refractivity contribution >= 4 is 17.4 Å². The second kappa shape index (κ2) is 7.54. The summed E-state index contributed by atoms with van der Waals surface area (Å²) in [7, 11) is 0. The number of anilines is 1. The third kappa shape index (κ3) is 4.47. The molecule has 0 bridgehead atoms. The van der Waals surface area contributed by atoms with E-state index in [0.29, 0.717) is 22.4 Å². The Bertz CT molecular complexity index is 938. The van der Waals surface area contributed by atoms with Gasteiger partial charge in [0.25, 0.3) is 5.91 Å². The summed E-state index contributed by atoms with van der Waals surface area (Å²) in [6.07, 6.45) is 3.18. The molecule has 0 fully saturated rings. The first-order valence-corrected chi connectivity index (χ1v) is 8.81. The smallest absolute Gasteiger partial charge is 0.255 e. The summed E-state index contributed by atoms with van der Waals surface area (Å²) in [4.78, 5) is 28.7. The minimum atomic E-state index is -0.177. The van der Waals surface area contributed by atoms with Crippen LogP contribution in [0.3, 0.4) is 0 Å². The number of carbonyl (C=O) groups is 2. The Labute approximate surface area is 159 Å². The molecule has 27 heavy (non-hydrogen) atoms. The van der Waals surface area contributed by atoms with Crippen LogP contribution >= 0.6 is 0 Å². The summed E-state index contributed by atoms with van der Waals surface area (Å²) in [6, 6.07) is 17.9. The number of nitrogens with one attached hydrogen (secondary N) is 1. The Morgan fingerprint density at radius 2 is 1.26 bits per heavy atom. The predicted octanol–water partition coefficient (Wildman–Crippen LogP) is 4.86. The Morgan fingerprint density at radius 1 is 0.741 bits per heavy atom. The average Bonchev–Trinajstić information content (AvgIpc) is 2.68. The first kappa shape index (κ1) is 18.5. The molecule has 136 valence electrons. The lowest BCUT2D eigenvalue weighted by Gasteiger charge is -2.19. The van der Waals surface area contributed by atoms with Gasteiger partial charge in [-0.05, 0) is 59.5 Å². The number of hydrogen-bond acceptors (Lipinski definition) is 3. The number of ketones is 1. The second-order valence-corrected chi connectivity index (χ2v) is 7.42. The predicted molar refractivity (Wildman–Crippen MR) is 107 cm³/mol. The van der Waals surface area contributed by atoms with Crippen LogP contribution in [0.4, 0.5) is 5.69 Å². The minimum absolute atomic E-state index is 0.0478. The summed E-state index contributed by atoms with van der Waals surface area (Å²) in [5.74, 6) is -0.253. The van der Waals surface area contributed by atoms with E-state index in [9.17, 15) is 9.59 Å². The second-order valence-electron chi connectivity index (χ2n) is 7.42. The molecule has 0 aliphatic heterocycles. The Balaban J connectivity index is 1.69. The standard InChI is InChI=1S/C23H22N2O2/c1-23(2,3)19-8-4-18(5-9-19)22(27)25-20-10-6-16(7-11-20)21(26)17-12-14-24-15-13-17/h4-15H,1-3H3,(H,25,27). The maximum absolute atomic E-state index is 12.4. The lowest BCUT2D eigenvalue weighted by atomic mass is 9.87. The van der Waals surface area contributed by atoms with Crippen LogP contribution in [0.5, 0.6) is 0 Å². The number of benzene rings is 2. The summed E-state index contributed by atoms with van der Waals surface area (Å²) in [6.45, 7) is 6.41. The molecule has 0 atom stereocenters. The van der Waals surface area contributed by atoms with Crippen LogP contribution in [-0.2, 0) is 5.41 Å². The first-order chi connectivity index (χ1) is 12.8. The lowest BCUT2D eigenvalue weighted by Crippen LogP contribution is -2.14. The van der Waals surface area contributed by atoms with Crippen LogP contribution in [0.15, 0.2) is 73.1 Å². The van der Waals surface area contributed by atoms with Gasteiger partial charge in [0.2, 0.25) is 0 Å². The van der Waals surface area contributed by atoms with Crippen molar-refractivity contribution in [2.45, 2.75) is 26.2 Å². The molecule has 3 rings (SSSR count). The third-order valence-corrected chi connectivity index (χ3v) is 4.36. The Kier molecular flexibility index (Phi) is 5.17. The van der Waals surface area contributed by atoms with Crippen molar-refractivity contribution in [1.82, 2.24) is 4.98 Å². The van der Waals surface area contributed by atoms with Gasteiger partial charge in [-0.25, -0.2) is 0 Å². The molecule has 0 saturated carbocycles. The molecular formula is C23H22N2O2. The number of aromatic nitrogens is 1. The van der Waals surface area contributed by atoms with E-state index in [2.05, 4.69) is 31.1 Å². The van der Waals surface area contributed by atoms with Crippen LogP contribution in [0, 0.1) is 0 Å². The van der Waals surface area contributed by atoms with Crippen LogP contribution in [0.2, 0.25) is 0 Å². The highest BCUT2D eigenvalue weighted by molar-refractivity contribution is 6.09. The van der Waals surface area contributed by atoms with E-state index in [1.165, 1.54) is 5.56 Å². The normalized spacial score (nSPS) is 11.1. The maximum atomic E-state index is 12.4. The van der Waals surface area contributed by atoms with Crippen LogP contribution in [0.25, 0.3) is 0 Å². The minimum Gasteiger partial charge on any atom is -0.322 e. The molecule has 4 nitrogen and oxygen atoms in total. The van der Waals surface area contributed by atoms with Gasteiger partial charge in [0.05, 0.1) is 0 Å². The van der Waals surface area contributed by atoms with Crippen molar-refractivity contribution in [3.63, 3.8) is 0 Å². The van der Waals surface area contributed by atoms with Crippen LogP contribution in [-0.4, -0.2) is 16.7 Å². The molecule has 0 aliphatic rings. The molecule has 0 saturated heterocycles. The molecule has 2 aromatic carbocycles. The Morgan fingerprint density at radius 3 is 1.81 bits per heavy atom. The first-order valence-electron chi connectivity index (χ1n) is 8.81. The highest BCUT2D eigenvalue weighted by Crippen LogP contribution is 2.22. The van der Waals surface area contributed by atoms with Crippen molar-refractivity contribution in [2.24, 2.45) is 0 Å². The zero-order valence-corrected chi connectivity index (χ0v) is 15.7. The van der Waals surface area contributed by atoms with Crippen molar-refractivity contribution in [1.29, 1.82) is 0 Å². The van der Waals surface area contributed by atoms with E-state index in [1.54, 1.807) is 48.8 Å². The molecule has 1 N–H and O–H groups in total. The number of amides is 1. The van der Waals surface area contributed by atoms with Crippen molar-refractivity contribution in [2.75, 3.05) is 5.32 Å². The number of pyridine rings is 1. The summed E-state index contributed by atoms with van der Waals surface area (Å²) < 4.78 is 0. The fourth-order valence-corrected chi connectivity index (χ4v) is 2.70. The molecule has 0 radical (unpaired) electrons. The molecule has 1 heterocycles. The van der Waals surface area contributed by atoms with E-state index < -0.39 is 0 Å². The number of hydrogen-bond donors (Lipinski definition) is 1. The zero-order valence-electron chi connectivity index (χ0n) is 15.7. The van der Waals surface area contributed by atoms with Gasteiger partial charge >= 0.3 is 0 Å². The monoisotopic (exact) mass is 358 g/mol. The lowest BCUT2D eigenvalue weighted by molar-refractivity contribution is 0.102. The topological polar surface area (TPSA) is 59.1 Å². The molecule has 0 aliphatic carbocycles. The van der Waals surface area contributed by atoms with Crippen LogP contribution in [0.1, 0.15) is 52.6 Å². The van der Waals surface area contributed by atoms with Gasteiger partial charge in [0.15, 0.2) is 5.78 Å². The summed E-state index contributed by atoms with van der Waals surface area (Å²) >= 11 is 0. The van der Waals surface area contributed by atoms with Gasteiger partial charge in [-0.15, -0.1) is 0 Å². The molecule has 3 aromatic rings. The number of nitrogens with zero attached hydrogens (tertiary/aromatic N) is 1. The quantitative estimate of drug-likeness (QED) is 0.677. The van der Waals surface area contributed by atoms with E-state index in [1.807, 2.05) is 24.3 Å². The number of carbonyl (C=O) groups excluding carboxylic acids is 2. The fourth-order valence-electron chi connectivity index (χ4n) is 2.70. The maximum Gasteiger partial charge on any atom is 0.255 e. The Hall–Kier alpha value is -3.27. The van der Waals surface area contributed by atoms with Crippen molar-refractivity contribution < 1.29 is 9.59 Å². The third-order valence-electron chi connectivity index (χ3n) is 4.36. The van der Waals surface area contributed by atoms with Gasteiger partial charge in [0, 0.05) is 34.8 Å². The summed E-state index contributed by atoms with van der Waals surface area (Å²) in [5, 5.41) is 2.86. The van der Waals surface area contributed by atoms with E-state index in [-0.39, 0.29) is 17.1 Å². The van der Waals surface area contributed by atoms with E-state index >= 15 is 0 Å². The fraction of sp³-hybridized carbons (Fsp3) is 0.174. The summed E-state index contributed by atoms with van der Waals surface area (Å²) in [5.41, 5.74) is 3.62. The van der Waals surface area contributed by atoms with E-state index in [4.69, 9.17) is 0 Å². The molecule has 0 spiro atoms. The van der Waals surface area contributed by atoms with Crippen molar-refractivity contribution in [3.05, 3.63) is 95.3 Å². The molecular weight excluding hydrogens is 336 g/mol. The highest BCUT2D eigenvalue weighted by atomic mass is 16.1. The highest BCUT2D eigenvalue weighted by Gasteiger charge is 2.14.